The first-order chi connectivity index (χ1) is 11.4. The van der Waals surface area contributed by atoms with Crippen molar-refractivity contribution < 1.29 is 0 Å². The molecule has 0 aliphatic heterocycles. The molecule has 24 heavy (non-hydrogen) atoms. The number of hydrogen-bond acceptors (Lipinski definition) is 4. The van der Waals surface area contributed by atoms with E-state index < -0.39 is 0 Å². The summed E-state index contributed by atoms with van der Waals surface area (Å²) in [5, 5.41) is 3.38. The Labute approximate surface area is 146 Å². The van der Waals surface area contributed by atoms with Gasteiger partial charge in [0.1, 0.15) is 5.82 Å². The molecule has 0 saturated heterocycles. The summed E-state index contributed by atoms with van der Waals surface area (Å²) < 4.78 is 0. The van der Waals surface area contributed by atoms with Gasteiger partial charge in [0.25, 0.3) is 0 Å². The number of nitrogens with one attached hydrogen (secondary N) is 1. The van der Waals surface area contributed by atoms with Crippen LogP contribution in [0.3, 0.4) is 0 Å². The van der Waals surface area contributed by atoms with Gasteiger partial charge in [-0.3, -0.25) is 0 Å². The molecular weight excluding hydrogens is 296 g/mol. The zero-order valence-electron chi connectivity index (χ0n) is 15.6. The quantitative estimate of drug-likeness (QED) is 0.764. The summed E-state index contributed by atoms with van der Waals surface area (Å²) in [6.45, 7) is 13.0. The van der Waals surface area contributed by atoms with Crippen molar-refractivity contribution in [2.75, 3.05) is 23.3 Å². The van der Waals surface area contributed by atoms with Crippen LogP contribution in [0.15, 0.2) is 36.5 Å². The van der Waals surface area contributed by atoms with Crippen LogP contribution in [-0.4, -0.2) is 23.1 Å². The first kappa shape index (κ1) is 18.2. The van der Waals surface area contributed by atoms with E-state index in [0.29, 0.717) is 0 Å². The molecule has 0 radical (unpaired) electrons. The van der Waals surface area contributed by atoms with E-state index >= 15 is 0 Å². The number of nitrogens with zero attached hydrogens (tertiary/aromatic N) is 3. The van der Waals surface area contributed by atoms with Gasteiger partial charge in [-0.05, 0) is 42.0 Å². The van der Waals surface area contributed by atoms with Crippen LogP contribution in [0.4, 0.5) is 17.5 Å². The molecule has 0 aliphatic rings. The lowest BCUT2D eigenvalue weighted by atomic mass is 9.87. The van der Waals surface area contributed by atoms with Gasteiger partial charge in [0.2, 0.25) is 5.95 Å². The molecule has 0 bridgehead atoms. The molecule has 4 nitrogen and oxygen atoms in total. The highest BCUT2D eigenvalue weighted by atomic mass is 15.3. The summed E-state index contributed by atoms with van der Waals surface area (Å²) in [6.07, 6.45) is 4.01. The molecule has 4 heteroatoms. The van der Waals surface area contributed by atoms with E-state index in [1.807, 2.05) is 12.3 Å². The van der Waals surface area contributed by atoms with Crippen LogP contribution in [0, 0.1) is 0 Å². The lowest BCUT2D eigenvalue weighted by molar-refractivity contribution is 0.590. The van der Waals surface area contributed by atoms with E-state index in [2.05, 4.69) is 79.1 Å². The van der Waals surface area contributed by atoms with E-state index in [0.717, 1.165) is 43.4 Å². The minimum absolute atomic E-state index is 0.168. The van der Waals surface area contributed by atoms with Gasteiger partial charge in [-0.25, -0.2) is 4.98 Å². The topological polar surface area (TPSA) is 41.1 Å². The monoisotopic (exact) mass is 326 g/mol. The molecule has 1 aromatic heterocycles. The average Bonchev–Trinajstić information content (AvgIpc) is 2.54. The minimum atomic E-state index is 0.168. The SMILES string of the molecule is CCCN(CCC)c1nccc(Nc2ccc(C(C)(C)C)cc2)n1. The van der Waals surface area contributed by atoms with Gasteiger partial charge in [-0.15, -0.1) is 0 Å². The fraction of sp³-hybridized carbons (Fsp3) is 0.500. The van der Waals surface area contributed by atoms with Gasteiger partial charge in [0.05, 0.1) is 0 Å². The largest absolute Gasteiger partial charge is 0.341 e. The third-order valence-electron chi connectivity index (χ3n) is 3.94. The number of aromatic nitrogens is 2. The standard InChI is InChI=1S/C20H30N4/c1-6-14-24(15-7-2)19-21-13-12-18(23-19)22-17-10-8-16(9-11-17)20(3,4)5/h8-13H,6-7,14-15H2,1-5H3,(H,21,22,23). The second-order valence-corrected chi connectivity index (χ2v) is 7.18. The number of hydrogen-bond donors (Lipinski definition) is 1. The molecule has 0 fully saturated rings. The van der Waals surface area contributed by atoms with E-state index in [9.17, 15) is 0 Å². The summed E-state index contributed by atoms with van der Waals surface area (Å²) in [6, 6.07) is 10.5. The summed E-state index contributed by atoms with van der Waals surface area (Å²) in [5.41, 5.74) is 2.54. The van der Waals surface area contributed by atoms with Crippen molar-refractivity contribution in [1.82, 2.24) is 9.97 Å². The number of rotatable bonds is 7. The zero-order chi connectivity index (χ0) is 17.6. The molecule has 0 aliphatic carbocycles. The Kier molecular flexibility index (Phi) is 6.18. The molecule has 0 atom stereocenters. The van der Waals surface area contributed by atoms with Crippen molar-refractivity contribution in [3.63, 3.8) is 0 Å². The van der Waals surface area contributed by atoms with Gasteiger partial charge in [-0.2, -0.15) is 4.98 Å². The Balaban J connectivity index is 2.14. The lowest BCUT2D eigenvalue weighted by Crippen LogP contribution is -2.27. The lowest BCUT2D eigenvalue weighted by Gasteiger charge is -2.22. The Morgan fingerprint density at radius 2 is 1.58 bits per heavy atom. The third-order valence-corrected chi connectivity index (χ3v) is 3.94. The van der Waals surface area contributed by atoms with E-state index in [1.54, 1.807) is 0 Å². The van der Waals surface area contributed by atoms with Crippen LogP contribution < -0.4 is 10.2 Å². The normalized spacial score (nSPS) is 11.4. The molecule has 1 aromatic carbocycles. The number of benzene rings is 1. The molecule has 2 rings (SSSR count). The van der Waals surface area contributed by atoms with Crippen molar-refractivity contribution in [3.05, 3.63) is 42.1 Å². The zero-order valence-corrected chi connectivity index (χ0v) is 15.6. The van der Waals surface area contributed by atoms with Gasteiger partial charge in [0, 0.05) is 25.0 Å². The van der Waals surface area contributed by atoms with Crippen molar-refractivity contribution >= 4 is 17.5 Å². The Hall–Kier alpha value is -2.10. The first-order valence-electron chi connectivity index (χ1n) is 8.89. The summed E-state index contributed by atoms with van der Waals surface area (Å²) in [4.78, 5) is 11.4. The van der Waals surface area contributed by atoms with Crippen LogP contribution in [0.25, 0.3) is 0 Å². The average molecular weight is 326 g/mol. The van der Waals surface area contributed by atoms with Crippen LogP contribution in [0.2, 0.25) is 0 Å². The highest BCUT2D eigenvalue weighted by molar-refractivity contribution is 5.57. The predicted molar refractivity (Wildman–Crippen MR) is 103 cm³/mol. The Morgan fingerprint density at radius 1 is 0.958 bits per heavy atom. The van der Waals surface area contributed by atoms with Gasteiger partial charge in [-0.1, -0.05) is 46.8 Å². The van der Waals surface area contributed by atoms with Crippen molar-refractivity contribution in [3.8, 4) is 0 Å². The molecule has 1 N–H and O–H groups in total. The van der Waals surface area contributed by atoms with E-state index in [1.165, 1.54) is 5.56 Å². The van der Waals surface area contributed by atoms with Crippen molar-refractivity contribution in [2.45, 2.75) is 52.9 Å². The van der Waals surface area contributed by atoms with Crippen molar-refractivity contribution in [2.24, 2.45) is 0 Å². The molecule has 0 spiro atoms. The predicted octanol–water partition coefficient (Wildman–Crippen LogP) is 5.14. The van der Waals surface area contributed by atoms with E-state index in [-0.39, 0.29) is 5.41 Å². The number of anilines is 3. The third kappa shape index (κ3) is 4.95. The van der Waals surface area contributed by atoms with Gasteiger partial charge in [0.15, 0.2) is 0 Å². The molecule has 0 saturated carbocycles. The maximum Gasteiger partial charge on any atom is 0.227 e. The highest BCUT2D eigenvalue weighted by Crippen LogP contribution is 2.24. The summed E-state index contributed by atoms with van der Waals surface area (Å²) in [7, 11) is 0. The first-order valence-corrected chi connectivity index (χ1v) is 8.89. The summed E-state index contributed by atoms with van der Waals surface area (Å²) in [5.74, 6) is 1.63. The van der Waals surface area contributed by atoms with Crippen LogP contribution in [-0.2, 0) is 5.41 Å². The maximum absolute atomic E-state index is 4.68. The Morgan fingerprint density at radius 3 is 2.12 bits per heavy atom. The smallest absolute Gasteiger partial charge is 0.227 e. The fourth-order valence-electron chi connectivity index (χ4n) is 2.62. The van der Waals surface area contributed by atoms with Gasteiger partial charge >= 0.3 is 0 Å². The molecular formula is C20H30N4. The van der Waals surface area contributed by atoms with Gasteiger partial charge < -0.3 is 10.2 Å². The minimum Gasteiger partial charge on any atom is -0.341 e. The molecule has 0 unspecified atom stereocenters. The highest BCUT2D eigenvalue weighted by Gasteiger charge is 2.13. The molecule has 1 heterocycles. The molecule has 130 valence electrons. The Bertz CT molecular complexity index is 623. The van der Waals surface area contributed by atoms with E-state index in [4.69, 9.17) is 0 Å². The molecule has 0 amide bonds. The van der Waals surface area contributed by atoms with Crippen LogP contribution in [0.5, 0.6) is 0 Å². The summed E-state index contributed by atoms with van der Waals surface area (Å²) >= 11 is 0. The maximum atomic E-state index is 4.68. The molecule has 2 aromatic rings. The van der Waals surface area contributed by atoms with Crippen molar-refractivity contribution in [1.29, 1.82) is 0 Å². The van der Waals surface area contributed by atoms with Crippen LogP contribution >= 0.6 is 0 Å². The van der Waals surface area contributed by atoms with Crippen LogP contribution in [0.1, 0.15) is 53.0 Å². The second-order valence-electron chi connectivity index (χ2n) is 7.18. The fourth-order valence-corrected chi connectivity index (χ4v) is 2.62. The second kappa shape index (κ2) is 8.13.